The fraction of sp³-hybridized carbons (Fsp3) is 0.400. The Morgan fingerprint density at radius 2 is 1.57 bits per heavy atom. The molecule has 1 aliphatic rings. The quantitative estimate of drug-likeness (QED) is 0.707. The van der Waals surface area contributed by atoms with Crippen molar-refractivity contribution in [3.8, 4) is 11.1 Å². The van der Waals surface area contributed by atoms with Crippen LogP contribution in [0.25, 0.3) is 11.1 Å². The summed E-state index contributed by atoms with van der Waals surface area (Å²) in [6, 6.07) is 16.0. The minimum atomic E-state index is 0.217. The number of benzene rings is 2. The SMILES string of the molecule is CN1CCCc2ccc(-c3ccc(C(C)(C)C)cc3)cc21. The first kappa shape index (κ1) is 14.2. The maximum absolute atomic E-state index is 2.38. The molecule has 2 aromatic rings. The Morgan fingerprint density at radius 3 is 2.24 bits per heavy atom. The molecule has 1 aliphatic heterocycles. The van der Waals surface area contributed by atoms with Crippen LogP contribution in [0.3, 0.4) is 0 Å². The summed E-state index contributed by atoms with van der Waals surface area (Å²) in [5, 5.41) is 0. The highest BCUT2D eigenvalue weighted by Gasteiger charge is 2.15. The Kier molecular flexibility index (Phi) is 3.52. The molecule has 0 fully saturated rings. The van der Waals surface area contributed by atoms with Gasteiger partial charge < -0.3 is 4.90 Å². The largest absolute Gasteiger partial charge is 0.374 e. The van der Waals surface area contributed by atoms with Gasteiger partial charge in [-0.05, 0) is 46.6 Å². The van der Waals surface area contributed by atoms with Gasteiger partial charge in [0.1, 0.15) is 0 Å². The van der Waals surface area contributed by atoms with E-state index < -0.39 is 0 Å². The summed E-state index contributed by atoms with van der Waals surface area (Å²) in [5.41, 5.74) is 7.13. The van der Waals surface area contributed by atoms with Crippen LogP contribution >= 0.6 is 0 Å². The molecule has 0 radical (unpaired) electrons. The van der Waals surface area contributed by atoms with Gasteiger partial charge in [0.15, 0.2) is 0 Å². The fourth-order valence-corrected chi connectivity index (χ4v) is 3.10. The molecule has 0 saturated carbocycles. The van der Waals surface area contributed by atoms with Crippen LogP contribution < -0.4 is 4.90 Å². The van der Waals surface area contributed by atoms with E-state index in [-0.39, 0.29) is 5.41 Å². The van der Waals surface area contributed by atoms with Gasteiger partial charge in [0.05, 0.1) is 0 Å². The second kappa shape index (κ2) is 5.22. The number of nitrogens with zero attached hydrogens (tertiary/aromatic N) is 1. The van der Waals surface area contributed by atoms with Crippen LogP contribution in [0.15, 0.2) is 42.5 Å². The van der Waals surface area contributed by atoms with Gasteiger partial charge in [-0.3, -0.25) is 0 Å². The van der Waals surface area contributed by atoms with Crippen molar-refractivity contribution in [2.45, 2.75) is 39.0 Å². The number of fused-ring (bicyclic) bond motifs is 1. The lowest BCUT2D eigenvalue weighted by molar-refractivity contribution is 0.590. The average molecular weight is 279 g/mol. The Bertz CT molecular complexity index is 632. The number of anilines is 1. The Hall–Kier alpha value is -1.76. The van der Waals surface area contributed by atoms with Crippen molar-refractivity contribution in [1.82, 2.24) is 0 Å². The van der Waals surface area contributed by atoms with Crippen LogP contribution in [0, 0.1) is 0 Å². The van der Waals surface area contributed by atoms with Crippen molar-refractivity contribution in [2.75, 3.05) is 18.5 Å². The lowest BCUT2D eigenvalue weighted by Crippen LogP contribution is -2.24. The zero-order valence-electron chi connectivity index (χ0n) is 13.6. The number of hydrogen-bond acceptors (Lipinski definition) is 1. The third-order valence-electron chi connectivity index (χ3n) is 4.52. The molecule has 110 valence electrons. The molecule has 0 atom stereocenters. The van der Waals surface area contributed by atoms with Crippen molar-refractivity contribution in [3.63, 3.8) is 0 Å². The molecular weight excluding hydrogens is 254 g/mol. The molecule has 0 unspecified atom stereocenters. The van der Waals surface area contributed by atoms with Crippen molar-refractivity contribution < 1.29 is 0 Å². The number of hydrogen-bond donors (Lipinski definition) is 0. The van der Waals surface area contributed by atoms with E-state index in [2.05, 4.69) is 75.2 Å². The summed E-state index contributed by atoms with van der Waals surface area (Å²) >= 11 is 0. The summed E-state index contributed by atoms with van der Waals surface area (Å²) in [4.78, 5) is 2.38. The molecule has 0 N–H and O–H groups in total. The number of rotatable bonds is 1. The topological polar surface area (TPSA) is 3.24 Å². The molecule has 1 heterocycles. The third kappa shape index (κ3) is 2.83. The monoisotopic (exact) mass is 279 g/mol. The van der Waals surface area contributed by atoms with Crippen LogP contribution in [0.1, 0.15) is 38.3 Å². The molecule has 1 nitrogen and oxygen atoms in total. The molecule has 3 rings (SSSR count). The molecule has 0 spiro atoms. The van der Waals surface area contributed by atoms with Gasteiger partial charge in [-0.1, -0.05) is 57.2 Å². The molecule has 0 aromatic heterocycles. The van der Waals surface area contributed by atoms with Gasteiger partial charge in [-0.25, -0.2) is 0 Å². The molecule has 1 heteroatoms. The second-order valence-electron chi connectivity index (χ2n) is 7.20. The van der Waals surface area contributed by atoms with Crippen molar-refractivity contribution in [3.05, 3.63) is 53.6 Å². The summed E-state index contributed by atoms with van der Waals surface area (Å²) in [5.74, 6) is 0. The van der Waals surface area contributed by atoms with Gasteiger partial charge in [-0.15, -0.1) is 0 Å². The van der Waals surface area contributed by atoms with Gasteiger partial charge in [0.2, 0.25) is 0 Å². The van der Waals surface area contributed by atoms with E-state index in [1.54, 1.807) is 0 Å². The molecule has 0 saturated heterocycles. The van der Waals surface area contributed by atoms with Crippen LogP contribution in [0.2, 0.25) is 0 Å². The van der Waals surface area contributed by atoms with Crippen molar-refractivity contribution in [1.29, 1.82) is 0 Å². The first-order valence-electron chi connectivity index (χ1n) is 7.90. The first-order chi connectivity index (χ1) is 9.95. The molecular formula is C20H25N. The van der Waals surface area contributed by atoms with E-state index in [0.29, 0.717) is 0 Å². The lowest BCUT2D eigenvalue weighted by atomic mass is 9.86. The summed E-state index contributed by atoms with van der Waals surface area (Å²) in [6.45, 7) is 7.95. The highest BCUT2D eigenvalue weighted by atomic mass is 15.1. The van der Waals surface area contributed by atoms with Crippen LogP contribution in [-0.4, -0.2) is 13.6 Å². The summed E-state index contributed by atoms with van der Waals surface area (Å²) in [7, 11) is 2.20. The Labute approximate surface area is 128 Å². The minimum absolute atomic E-state index is 0.217. The number of aryl methyl sites for hydroxylation is 1. The highest BCUT2D eigenvalue weighted by Crippen LogP contribution is 2.32. The van der Waals surface area contributed by atoms with E-state index in [9.17, 15) is 0 Å². The fourth-order valence-electron chi connectivity index (χ4n) is 3.10. The molecule has 0 aliphatic carbocycles. The van der Waals surface area contributed by atoms with E-state index in [1.165, 1.54) is 47.3 Å². The lowest BCUT2D eigenvalue weighted by Gasteiger charge is -2.28. The summed E-state index contributed by atoms with van der Waals surface area (Å²) < 4.78 is 0. The molecule has 21 heavy (non-hydrogen) atoms. The van der Waals surface area contributed by atoms with Gasteiger partial charge in [0.25, 0.3) is 0 Å². The average Bonchev–Trinajstić information content (AvgIpc) is 2.47. The maximum atomic E-state index is 2.38. The van der Waals surface area contributed by atoms with Crippen LogP contribution in [0.4, 0.5) is 5.69 Å². The zero-order chi connectivity index (χ0) is 15.0. The summed E-state index contributed by atoms with van der Waals surface area (Å²) in [6.07, 6.45) is 2.48. The third-order valence-corrected chi connectivity index (χ3v) is 4.52. The predicted octanol–water partition coefficient (Wildman–Crippen LogP) is 5.03. The van der Waals surface area contributed by atoms with E-state index in [1.807, 2.05) is 0 Å². The normalized spacial score (nSPS) is 15.0. The standard InChI is InChI=1S/C20H25N/c1-20(2,3)18-11-9-15(10-12-18)17-8-7-16-6-5-13-21(4)19(16)14-17/h7-12,14H,5-6,13H2,1-4H3. The smallest absolute Gasteiger partial charge is 0.0402 e. The highest BCUT2D eigenvalue weighted by molar-refractivity contribution is 5.71. The van der Waals surface area contributed by atoms with Crippen LogP contribution in [-0.2, 0) is 11.8 Å². The molecule has 2 aromatic carbocycles. The van der Waals surface area contributed by atoms with Crippen molar-refractivity contribution in [2.24, 2.45) is 0 Å². The maximum Gasteiger partial charge on any atom is 0.0402 e. The van der Waals surface area contributed by atoms with E-state index in [0.717, 1.165) is 0 Å². The van der Waals surface area contributed by atoms with Gasteiger partial charge in [0, 0.05) is 19.3 Å². The van der Waals surface area contributed by atoms with Crippen molar-refractivity contribution >= 4 is 5.69 Å². The van der Waals surface area contributed by atoms with Gasteiger partial charge in [-0.2, -0.15) is 0 Å². The molecule has 0 amide bonds. The zero-order valence-corrected chi connectivity index (χ0v) is 13.6. The predicted molar refractivity (Wildman–Crippen MR) is 92.2 cm³/mol. The Balaban J connectivity index is 1.96. The second-order valence-corrected chi connectivity index (χ2v) is 7.20. The molecule has 0 bridgehead atoms. The van der Waals surface area contributed by atoms with E-state index >= 15 is 0 Å². The van der Waals surface area contributed by atoms with Crippen LogP contribution in [0.5, 0.6) is 0 Å². The minimum Gasteiger partial charge on any atom is -0.374 e. The van der Waals surface area contributed by atoms with Gasteiger partial charge >= 0.3 is 0 Å². The first-order valence-corrected chi connectivity index (χ1v) is 7.90. The van der Waals surface area contributed by atoms with E-state index in [4.69, 9.17) is 0 Å². The Morgan fingerprint density at radius 1 is 0.905 bits per heavy atom.